The number of esters is 1. The standard InChI is InChI=1S/C18H18Cl2N2O3/c1-3-12-4-6-13(7-5-12)11(2)22-16(23)10-25-18(24)14-8-15(19)17(20)21-9-14/h4-9,11H,3,10H2,1-2H3,(H,22,23)/t11-/m0/s1. The second kappa shape index (κ2) is 8.83. The van der Waals surface area contributed by atoms with E-state index in [-0.39, 0.29) is 21.8 Å². The molecule has 0 aliphatic rings. The Balaban J connectivity index is 1.86. The highest BCUT2D eigenvalue weighted by atomic mass is 35.5. The van der Waals surface area contributed by atoms with Crippen LogP contribution in [0.3, 0.4) is 0 Å². The second-order valence-electron chi connectivity index (χ2n) is 5.46. The van der Waals surface area contributed by atoms with Gasteiger partial charge in [0.15, 0.2) is 6.61 Å². The molecule has 0 radical (unpaired) electrons. The van der Waals surface area contributed by atoms with Crippen LogP contribution >= 0.6 is 23.2 Å². The Hall–Kier alpha value is -2.11. The summed E-state index contributed by atoms with van der Waals surface area (Å²) >= 11 is 11.5. The van der Waals surface area contributed by atoms with Crippen LogP contribution in [0.1, 0.15) is 41.4 Å². The largest absolute Gasteiger partial charge is 0.452 e. The number of benzene rings is 1. The molecule has 0 saturated heterocycles. The third-order valence-corrected chi connectivity index (χ3v) is 4.32. The summed E-state index contributed by atoms with van der Waals surface area (Å²) in [5, 5.41) is 3.02. The molecule has 1 N–H and O–H groups in total. The fourth-order valence-corrected chi connectivity index (χ4v) is 2.43. The Bertz CT molecular complexity index is 763. The minimum atomic E-state index is -0.693. The summed E-state index contributed by atoms with van der Waals surface area (Å²) in [5.41, 5.74) is 2.34. The summed E-state index contributed by atoms with van der Waals surface area (Å²) in [6.45, 7) is 3.55. The van der Waals surface area contributed by atoms with E-state index in [1.165, 1.54) is 17.8 Å². The molecule has 132 valence electrons. The smallest absolute Gasteiger partial charge is 0.340 e. The van der Waals surface area contributed by atoms with E-state index in [0.29, 0.717) is 0 Å². The van der Waals surface area contributed by atoms with E-state index in [1.54, 1.807) is 0 Å². The summed E-state index contributed by atoms with van der Waals surface area (Å²) in [4.78, 5) is 27.6. The molecule has 1 aromatic carbocycles. The number of aryl methyl sites for hydroxylation is 1. The Labute approximate surface area is 156 Å². The predicted octanol–water partition coefficient (Wildman–Crippen LogP) is 3.99. The van der Waals surface area contributed by atoms with Gasteiger partial charge < -0.3 is 10.1 Å². The molecule has 2 aromatic rings. The predicted molar refractivity (Wildman–Crippen MR) is 96.9 cm³/mol. The van der Waals surface area contributed by atoms with Crippen molar-refractivity contribution in [2.75, 3.05) is 6.61 Å². The number of rotatable bonds is 6. The number of amides is 1. The van der Waals surface area contributed by atoms with Gasteiger partial charge in [-0.2, -0.15) is 0 Å². The van der Waals surface area contributed by atoms with Crippen molar-refractivity contribution >= 4 is 35.1 Å². The first-order valence-corrected chi connectivity index (χ1v) is 8.52. The summed E-state index contributed by atoms with van der Waals surface area (Å²) in [5.74, 6) is -1.09. The van der Waals surface area contributed by atoms with Crippen molar-refractivity contribution in [2.24, 2.45) is 0 Å². The number of nitrogens with one attached hydrogen (secondary N) is 1. The van der Waals surface area contributed by atoms with Crippen molar-refractivity contribution in [3.8, 4) is 0 Å². The molecule has 25 heavy (non-hydrogen) atoms. The minimum absolute atomic E-state index is 0.0962. The van der Waals surface area contributed by atoms with Gasteiger partial charge in [0.1, 0.15) is 5.15 Å². The molecule has 0 fully saturated rings. The van der Waals surface area contributed by atoms with Crippen molar-refractivity contribution < 1.29 is 14.3 Å². The van der Waals surface area contributed by atoms with Gasteiger partial charge in [-0.1, -0.05) is 54.4 Å². The lowest BCUT2D eigenvalue weighted by Crippen LogP contribution is -2.31. The lowest BCUT2D eigenvalue weighted by atomic mass is 10.1. The average molecular weight is 381 g/mol. The minimum Gasteiger partial charge on any atom is -0.452 e. The highest BCUT2D eigenvalue weighted by Gasteiger charge is 2.14. The van der Waals surface area contributed by atoms with Crippen LogP contribution in [0.4, 0.5) is 0 Å². The van der Waals surface area contributed by atoms with Gasteiger partial charge in [-0.15, -0.1) is 0 Å². The van der Waals surface area contributed by atoms with E-state index < -0.39 is 18.5 Å². The zero-order valence-corrected chi connectivity index (χ0v) is 15.4. The molecule has 0 bridgehead atoms. The second-order valence-corrected chi connectivity index (χ2v) is 6.22. The molecular weight excluding hydrogens is 363 g/mol. The Morgan fingerprint density at radius 3 is 2.52 bits per heavy atom. The molecular formula is C18H18Cl2N2O3. The van der Waals surface area contributed by atoms with Gasteiger partial charge in [0.05, 0.1) is 16.6 Å². The van der Waals surface area contributed by atoms with E-state index >= 15 is 0 Å². The summed E-state index contributed by atoms with van der Waals surface area (Å²) in [7, 11) is 0. The normalized spacial score (nSPS) is 11.7. The van der Waals surface area contributed by atoms with Crippen molar-refractivity contribution in [1.29, 1.82) is 0 Å². The van der Waals surface area contributed by atoms with E-state index in [0.717, 1.165) is 12.0 Å². The van der Waals surface area contributed by atoms with Crippen LogP contribution in [0.2, 0.25) is 10.2 Å². The van der Waals surface area contributed by atoms with Gasteiger partial charge in [-0.05, 0) is 30.5 Å². The SMILES string of the molecule is CCc1ccc([C@H](C)NC(=O)COC(=O)c2cnc(Cl)c(Cl)c2)cc1. The number of pyridine rings is 1. The van der Waals surface area contributed by atoms with Crippen molar-refractivity contribution in [3.05, 3.63) is 63.4 Å². The number of hydrogen-bond donors (Lipinski definition) is 1. The van der Waals surface area contributed by atoms with E-state index in [9.17, 15) is 9.59 Å². The quantitative estimate of drug-likeness (QED) is 0.607. The molecule has 7 heteroatoms. The maximum Gasteiger partial charge on any atom is 0.340 e. The molecule has 5 nitrogen and oxygen atoms in total. The van der Waals surface area contributed by atoms with Crippen LogP contribution in [0, 0.1) is 0 Å². The van der Waals surface area contributed by atoms with Crippen LogP contribution in [0.25, 0.3) is 0 Å². The summed E-state index contributed by atoms with van der Waals surface area (Å²) in [6.07, 6.45) is 2.20. The maximum atomic E-state index is 12.0. The lowest BCUT2D eigenvalue weighted by molar-refractivity contribution is -0.124. The average Bonchev–Trinajstić information content (AvgIpc) is 2.62. The highest BCUT2D eigenvalue weighted by molar-refractivity contribution is 6.41. The molecule has 2 rings (SSSR count). The molecule has 0 spiro atoms. The first kappa shape index (κ1) is 19.2. The molecule has 1 atom stereocenters. The lowest BCUT2D eigenvalue weighted by Gasteiger charge is -2.15. The fourth-order valence-electron chi connectivity index (χ4n) is 2.16. The first-order valence-electron chi connectivity index (χ1n) is 7.77. The van der Waals surface area contributed by atoms with Gasteiger partial charge >= 0.3 is 5.97 Å². The van der Waals surface area contributed by atoms with Gasteiger partial charge in [0.25, 0.3) is 5.91 Å². The van der Waals surface area contributed by atoms with E-state index in [2.05, 4.69) is 17.2 Å². The van der Waals surface area contributed by atoms with Crippen molar-refractivity contribution in [2.45, 2.75) is 26.3 Å². The third kappa shape index (κ3) is 5.44. The first-order chi connectivity index (χ1) is 11.9. The molecule has 0 aliphatic heterocycles. The number of aromatic nitrogens is 1. The highest BCUT2D eigenvalue weighted by Crippen LogP contribution is 2.20. The molecule has 1 amide bonds. The third-order valence-electron chi connectivity index (χ3n) is 3.63. The van der Waals surface area contributed by atoms with Crippen LogP contribution in [-0.4, -0.2) is 23.5 Å². The van der Waals surface area contributed by atoms with Crippen molar-refractivity contribution in [1.82, 2.24) is 10.3 Å². The van der Waals surface area contributed by atoms with Crippen LogP contribution in [0.15, 0.2) is 36.5 Å². The number of hydrogen-bond acceptors (Lipinski definition) is 4. The zero-order valence-electron chi connectivity index (χ0n) is 13.9. The number of ether oxygens (including phenoxy) is 1. The maximum absolute atomic E-state index is 12.0. The topological polar surface area (TPSA) is 68.3 Å². The number of halogens is 2. The zero-order chi connectivity index (χ0) is 18.4. The van der Waals surface area contributed by atoms with Crippen LogP contribution in [-0.2, 0) is 16.0 Å². The summed E-state index contributed by atoms with van der Waals surface area (Å²) < 4.78 is 4.97. The molecule has 0 saturated carbocycles. The Kier molecular flexibility index (Phi) is 6.79. The van der Waals surface area contributed by atoms with Gasteiger partial charge in [-0.3, -0.25) is 4.79 Å². The van der Waals surface area contributed by atoms with E-state index in [1.807, 2.05) is 31.2 Å². The van der Waals surface area contributed by atoms with Gasteiger partial charge in [-0.25, -0.2) is 9.78 Å². The summed E-state index contributed by atoms with van der Waals surface area (Å²) in [6, 6.07) is 9.14. The molecule has 1 aromatic heterocycles. The van der Waals surface area contributed by atoms with Gasteiger partial charge in [0.2, 0.25) is 0 Å². The monoisotopic (exact) mass is 380 g/mol. The van der Waals surface area contributed by atoms with Crippen molar-refractivity contribution in [3.63, 3.8) is 0 Å². The van der Waals surface area contributed by atoms with Crippen LogP contribution in [0.5, 0.6) is 0 Å². The van der Waals surface area contributed by atoms with E-state index in [4.69, 9.17) is 27.9 Å². The number of carbonyl (C=O) groups excluding carboxylic acids is 2. The molecule has 0 unspecified atom stereocenters. The Morgan fingerprint density at radius 1 is 1.24 bits per heavy atom. The van der Waals surface area contributed by atoms with Gasteiger partial charge in [0, 0.05) is 6.20 Å². The number of nitrogens with zero attached hydrogens (tertiary/aromatic N) is 1. The molecule has 0 aliphatic carbocycles. The molecule has 1 heterocycles. The Morgan fingerprint density at radius 2 is 1.92 bits per heavy atom. The van der Waals surface area contributed by atoms with Crippen LogP contribution < -0.4 is 5.32 Å². The fraction of sp³-hybridized carbons (Fsp3) is 0.278. The number of carbonyl (C=O) groups is 2.